The lowest BCUT2D eigenvalue weighted by atomic mass is 9.51. The maximum Gasteiger partial charge on any atom is 0.331 e. The first-order valence-electron chi connectivity index (χ1n) is 9.82. The molecule has 0 aliphatic heterocycles. The van der Waals surface area contributed by atoms with Gasteiger partial charge in [0.2, 0.25) is 0 Å². The monoisotopic (exact) mass is 363 g/mol. The summed E-state index contributed by atoms with van der Waals surface area (Å²) in [4.78, 5) is 16.2. The summed E-state index contributed by atoms with van der Waals surface area (Å²) in [6, 6.07) is 0. The molecule has 0 aromatic heterocycles. The zero-order chi connectivity index (χ0) is 19.1. The fourth-order valence-electron chi connectivity index (χ4n) is 6.35. The van der Waals surface area contributed by atoms with E-state index in [9.17, 15) is 9.90 Å². The second-order valence-electron chi connectivity index (χ2n) is 8.49. The van der Waals surface area contributed by atoms with Gasteiger partial charge in [0, 0.05) is 37.1 Å². The van der Waals surface area contributed by atoms with Crippen LogP contribution in [0, 0.1) is 28.6 Å². The molecule has 3 aliphatic rings. The Hall–Kier alpha value is -1.56. The van der Waals surface area contributed by atoms with Gasteiger partial charge >= 0.3 is 5.97 Å². The topological polar surface area (TPSA) is 96.9 Å². The summed E-state index contributed by atoms with van der Waals surface area (Å²) in [5.41, 5.74) is 7.65. The van der Waals surface area contributed by atoms with Crippen molar-refractivity contribution in [3.05, 3.63) is 11.1 Å². The third kappa shape index (κ3) is 2.56. The predicted octanol–water partition coefficient (Wildman–Crippen LogP) is 2.40. The molecular formula is C20H33N3O3. The van der Waals surface area contributed by atoms with Crippen LogP contribution in [0.15, 0.2) is 16.1 Å². The van der Waals surface area contributed by atoms with Crippen molar-refractivity contribution < 1.29 is 14.6 Å². The molecule has 2 saturated carbocycles. The van der Waals surface area contributed by atoms with Gasteiger partial charge in [0.1, 0.15) is 0 Å². The van der Waals surface area contributed by atoms with E-state index < -0.39 is 5.97 Å². The molecule has 0 heterocycles. The molecule has 0 unspecified atom stereocenters. The summed E-state index contributed by atoms with van der Waals surface area (Å²) < 4.78 is 5.66. The quantitative estimate of drug-likeness (QED) is 0.497. The molecule has 2 fully saturated rings. The number of ether oxygens (including phenoxy) is 1. The van der Waals surface area contributed by atoms with Crippen LogP contribution >= 0.6 is 0 Å². The second-order valence-corrected chi connectivity index (χ2v) is 8.49. The third-order valence-electron chi connectivity index (χ3n) is 7.63. The molecule has 4 N–H and O–H groups in total. The number of aliphatic imine (C=N–C) groups is 1. The van der Waals surface area contributed by atoms with E-state index in [4.69, 9.17) is 10.5 Å². The first kappa shape index (κ1) is 19.2. The molecule has 146 valence electrons. The molecular weight excluding hydrogens is 330 g/mol. The lowest BCUT2D eigenvalue weighted by Crippen LogP contribution is -2.54. The highest BCUT2D eigenvalue weighted by atomic mass is 16.5. The van der Waals surface area contributed by atoms with Crippen LogP contribution in [0.3, 0.4) is 0 Å². The Morgan fingerprint density at radius 3 is 2.81 bits per heavy atom. The minimum Gasteiger partial charge on any atom is -0.478 e. The second kappa shape index (κ2) is 6.87. The number of hydrogen-bond donors (Lipinski definition) is 3. The zero-order valence-electron chi connectivity index (χ0n) is 16.5. The molecule has 2 bridgehead atoms. The minimum absolute atomic E-state index is 0.0135. The summed E-state index contributed by atoms with van der Waals surface area (Å²) in [5.74, 6) is 0.636. The van der Waals surface area contributed by atoms with Gasteiger partial charge in [0.15, 0.2) is 5.96 Å². The number of carboxylic acids is 1. The number of nitrogens with one attached hydrogen (secondary N) is 1. The van der Waals surface area contributed by atoms with Crippen LogP contribution in [-0.2, 0) is 9.53 Å². The van der Waals surface area contributed by atoms with Crippen molar-refractivity contribution in [3.63, 3.8) is 0 Å². The molecule has 0 radical (unpaired) electrons. The van der Waals surface area contributed by atoms with Gasteiger partial charge in [-0.25, -0.2) is 4.79 Å². The van der Waals surface area contributed by atoms with Crippen LogP contribution in [0.25, 0.3) is 0 Å². The van der Waals surface area contributed by atoms with Gasteiger partial charge in [-0.3, -0.25) is 4.99 Å². The Balaban J connectivity index is 2.04. The van der Waals surface area contributed by atoms with E-state index in [2.05, 4.69) is 24.2 Å². The van der Waals surface area contributed by atoms with Crippen molar-refractivity contribution >= 4 is 11.9 Å². The summed E-state index contributed by atoms with van der Waals surface area (Å²) in [7, 11) is 1.68. The smallest absolute Gasteiger partial charge is 0.331 e. The molecule has 6 nitrogen and oxygen atoms in total. The van der Waals surface area contributed by atoms with Crippen LogP contribution < -0.4 is 11.1 Å². The van der Waals surface area contributed by atoms with Gasteiger partial charge in [-0.2, -0.15) is 0 Å². The number of allylic oxidation sites excluding steroid dienone is 1. The van der Waals surface area contributed by atoms with Crippen molar-refractivity contribution in [2.24, 2.45) is 39.3 Å². The Morgan fingerprint density at radius 2 is 2.19 bits per heavy atom. The predicted molar refractivity (Wildman–Crippen MR) is 102 cm³/mol. The fourth-order valence-corrected chi connectivity index (χ4v) is 6.35. The Morgan fingerprint density at radius 1 is 1.46 bits per heavy atom. The van der Waals surface area contributed by atoms with Gasteiger partial charge in [0.05, 0.1) is 6.61 Å². The number of guanidine groups is 1. The molecule has 1 spiro atoms. The van der Waals surface area contributed by atoms with E-state index >= 15 is 0 Å². The average Bonchev–Trinajstić information content (AvgIpc) is 3.00. The number of aliphatic carboxylic acids is 1. The Bertz CT molecular complexity index is 644. The molecule has 0 aromatic carbocycles. The van der Waals surface area contributed by atoms with Crippen LogP contribution in [0.2, 0.25) is 0 Å². The number of nitrogens with zero attached hydrogens (tertiary/aromatic N) is 1. The lowest BCUT2D eigenvalue weighted by molar-refractivity contribution is -0.133. The summed E-state index contributed by atoms with van der Waals surface area (Å²) in [6.45, 7) is 8.46. The van der Waals surface area contributed by atoms with E-state index in [1.165, 1.54) is 5.57 Å². The van der Waals surface area contributed by atoms with E-state index in [1.807, 2.05) is 6.92 Å². The lowest BCUT2D eigenvalue weighted by Gasteiger charge is -2.53. The first-order chi connectivity index (χ1) is 12.3. The molecule has 26 heavy (non-hydrogen) atoms. The normalized spacial score (nSPS) is 39.2. The van der Waals surface area contributed by atoms with Crippen LogP contribution in [0.5, 0.6) is 0 Å². The number of hydrogen-bond acceptors (Lipinski definition) is 3. The van der Waals surface area contributed by atoms with Gasteiger partial charge in [-0.1, -0.05) is 19.4 Å². The maximum absolute atomic E-state index is 12.2. The standard InChI is InChI=1S/C20H33N3O3/c1-5-26-10-13-9-20-12(2)6-7-14(8-15(20)16(13)17(24)25)19(20,3)11-23-18(21)22-4/h12-14H,5-11H2,1-4H3,(H,24,25)(H3,21,22,23)/t12-,13-,14-,19-,20+/m1/s1. The van der Waals surface area contributed by atoms with Crippen LogP contribution in [0.1, 0.15) is 46.5 Å². The summed E-state index contributed by atoms with van der Waals surface area (Å²) in [5, 5.41) is 13.3. The van der Waals surface area contributed by atoms with Gasteiger partial charge in [-0.05, 0) is 49.9 Å². The summed E-state index contributed by atoms with van der Waals surface area (Å²) >= 11 is 0. The molecule has 3 rings (SSSR count). The molecule has 0 saturated heterocycles. The van der Waals surface area contributed by atoms with E-state index in [1.54, 1.807) is 7.05 Å². The van der Waals surface area contributed by atoms with Crippen LogP contribution in [0.4, 0.5) is 0 Å². The number of carbonyl (C=O) groups is 1. The average molecular weight is 364 g/mol. The van der Waals surface area contributed by atoms with Crippen molar-refractivity contribution in [1.82, 2.24) is 5.32 Å². The number of carboxylic acid groups (broad SMARTS) is 1. The van der Waals surface area contributed by atoms with E-state index in [0.29, 0.717) is 36.6 Å². The van der Waals surface area contributed by atoms with Crippen LogP contribution in [-0.4, -0.2) is 43.8 Å². The Kier molecular flexibility index (Phi) is 5.08. The molecule has 0 aromatic rings. The highest BCUT2D eigenvalue weighted by Crippen LogP contribution is 2.73. The maximum atomic E-state index is 12.2. The Labute approximate surface area is 156 Å². The van der Waals surface area contributed by atoms with Crippen molar-refractivity contribution in [3.8, 4) is 0 Å². The van der Waals surface area contributed by atoms with Crippen molar-refractivity contribution in [1.29, 1.82) is 0 Å². The number of fused-ring (bicyclic) bond motifs is 1. The third-order valence-corrected chi connectivity index (χ3v) is 7.63. The molecule has 0 amide bonds. The molecule has 3 aliphatic carbocycles. The van der Waals surface area contributed by atoms with Gasteiger partial charge < -0.3 is 20.9 Å². The largest absolute Gasteiger partial charge is 0.478 e. The molecule has 5 atom stereocenters. The zero-order valence-corrected chi connectivity index (χ0v) is 16.5. The van der Waals surface area contributed by atoms with Crippen molar-refractivity contribution in [2.75, 3.05) is 26.8 Å². The minimum atomic E-state index is -0.758. The van der Waals surface area contributed by atoms with Gasteiger partial charge in [0.25, 0.3) is 0 Å². The fraction of sp³-hybridized carbons (Fsp3) is 0.800. The number of nitrogens with two attached hydrogens (primary N) is 1. The van der Waals surface area contributed by atoms with E-state index in [0.717, 1.165) is 32.2 Å². The molecule has 6 heteroatoms. The summed E-state index contributed by atoms with van der Waals surface area (Å²) in [6.07, 6.45) is 4.09. The SMILES string of the molecule is CCOC[C@H]1C[C@@]23C(=C1C(=O)O)C[C@@H](CC[C@H]2C)[C@@]3(C)CNC(N)=NC. The highest BCUT2D eigenvalue weighted by molar-refractivity contribution is 5.90. The first-order valence-corrected chi connectivity index (χ1v) is 9.82. The highest BCUT2D eigenvalue weighted by Gasteiger charge is 2.68. The van der Waals surface area contributed by atoms with E-state index in [-0.39, 0.29) is 16.7 Å². The van der Waals surface area contributed by atoms with Crippen molar-refractivity contribution in [2.45, 2.75) is 46.5 Å². The number of rotatable bonds is 6. The van der Waals surface area contributed by atoms with Gasteiger partial charge in [-0.15, -0.1) is 0 Å².